The number of phenolic OH excluding ortho intramolecular Hbond substituents is 1. The summed E-state index contributed by atoms with van der Waals surface area (Å²) in [5.41, 5.74) is 3.31. The van der Waals surface area contributed by atoms with Crippen molar-refractivity contribution in [1.82, 2.24) is 5.32 Å². The number of unbranched alkanes of at least 4 members (excludes halogenated alkanes) is 1. The van der Waals surface area contributed by atoms with Crippen molar-refractivity contribution in [3.05, 3.63) is 59.2 Å². The molecule has 0 saturated heterocycles. The molecule has 1 aromatic carbocycles. The molecule has 3 rings (SSSR count). The lowest BCUT2D eigenvalue weighted by molar-refractivity contribution is 0.103. The van der Waals surface area contributed by atoms with Crippen LogP contribution >= 0.6 is 0 Å². The molecule has 0 saturated carbocycles. The van der Waals surface area contributed by atoms with Crippen LogP contribution in [0.2, 0.25) is 0 Å². The standard InChI is InChI=1S/C28H40N2O4/c1-4-5-6-27-23(19-31)17-25(34-27)9-7-21-8-10-26(32)28(15-21)33-14-12-24-16-22(18-30-24)20(2)11-13-29-3/h8,10,15-18,20,27,29,31-32H,4-7,9,11-14,19H2,1-3H3. The Morgan fingerprint density at radius 3 is 2.97 bits per heavy atom. The van der Waals surface area contributed by atoms with E-state index in [2.05, 4.69) is 30.2 Å². The smallest absolute Gasteiger partial charge is 0.176 e. The molecule has 3 N–H and O–H groups in total. The molecule has 6 nitrogen and oxygen atoms in total. The molecule has 2 unspecified atom stereocenters. The molecule has 0 aliphatic carbocycles. The molecule has 1 aromatic rings. The van der Waals surface area contributed by atoms with Gasteiger partial charge in [-0.05, 0) is 57.5 Å². The van der Waals surface area contributed by atoms with Crippen molar-refractivity contribution in [1.29, 1.82) is 0 Å². The van der Waals surface area contributed by atoms with E-state index in [1.165, 1.54) is 5.57 Å². The fourth-order valence-corrected chi connectivity index (χ4v) is 4.23. The van der Waals surface area contributed by atoms with Crippen LogP contribution in [0.3, 0.4) is 0 Å². The number of rotatable bonds is 15. The summed E-state index contributed by atoms with van der Waals surface area (Å²) in [5, 5.41) is 23.1. The first-order valence-electron chi connectivity index (χ1n) is 12.6. The van der Waals surface area contributed by atoms with E-state index in [1.807, 2.05) is 31.5 Å². The quantitative estimate of drug-likeness (QED) is 0.318. The SMILES string of the molecule is CCCCC1O[C-](CCc2ccc(O)c(OCC[C+]3C=C(C(C)CCNC)C=N3)c2)C=C1CO. The molecule has 0 bridgehead atoms. The van der Waals surface area contributed by atoms with Gasteiger partial charge in [0.1, 0.15) is 12.2 Å². The van der Waals surface area contributed by atoms with E-state index in [-0.39, 0.29) is 18.5 Å². The third-order valence-electron chi connectivity index (χ3n) is 6.47. The fourth-order valence-electron chi connectivity index (χ4n) is 4.23. The van der Waals surface area contributed by atoms with Crippen LogP contribution in [0.25, 0.3) is 0 Å². The number of aliphatic imine (C=N–C) groups is 1. The number of hydrogen-bond acceptors (Lipinski definition) is 6. The van der Waals surface area contributed by atoms with Gasteiger partial charge in [-0.1, -0.05) is 38.4 Å². The van der Waals surface area contributed by atoms with Crippen molar-refractivity contribution in [2.45, 2.75) is 64.9 Å². The highest BCUT2D eigenvalue weighted by Gasteiger charge is 2.25. The Kier molecular flexibility index (Phi) is 10.4. The average molecular weight is 469 g/mol. The van der Waals surface area contributed by atoms with E-state index in [0.717, 1.165) is 68.4 Å². The fraction of sp³-hybridized carbons (Fsp3) is 0.536. The first-order valence-corrected chi connectivity index (χ1v) is 12.6. The van der Waals surface area contributed by atoms with Gasteiger partial charge in [-0.15, -0.1) is 4.99 Å². The summed E-state index contributed by atoms with van der Waals surface area (Å²) in [4.78, 5) is 4.52. The van der Waals surface area contributed by atoms with Gasteiger partial charge in [-0.3, -0.25) is 0 Å². The van der Waals surface area contributed by atoms with E-state index in [9.17, 15) is 10.2 Å². The second kappa shape index (κ2) is 13.5. The molecule has 0 radical (unpaired) electrons. The zero-order valence-electron chi connectivity index (χ0n) is 20.8. The lowest BCUT2D eigenvalue weighted by Crippen LogP contribution is -2.13. The Bertz CT molecular complexity index is 864. The summed E-state index contributed by atoms with van der Waals surface area (Å²) in [6.07, 6.45) is 13.5. The summed E-state index contributed by atoms with van der Waals surface area (Å²) < 4.78 is 12.0. The summed E-state index contributed by atoms with van der Waals surface area (Å²) >= 11 is 0. The normalized spacial score (nSPS) is 18.4. The van der Waals surface area contributed by atoms with Gasteiger partial charge in [0.05, 0.1) is 12.5 Å². The zero-order valence-corrected chi connectivity index (χ0v) is 20.8. The topological polar surface area (TPSA) is 83.3 Å². The first-order chi connectivity index (χ1) is 16.5. The Morgan fingerprint density at radius 1 is 1.35 bits per heavy atom. The van der Waals surface area contributed by atoms with Gasteiger partial charge in [0.2, 0.25) is 0 Å². The predicted octanol–water partition coefficient (Wildman–Crippen LogP) is 4.92. The molecule has 0 spiro atoms. The molecule has 186 valence electrons. The number of nitrogens with one attached hydrogen (secondary N) is 1. The average Bonchev–Trinajstić information content (AvgIpc) is 3.48. The van der Waals surface area contributed by atoms with Crippen LogP contribution in [0.1, 0.15) is 57.9 Å². The number of benzene rings is 1. The lowest BCUT2D eigenvalue weighted by Gasteiger charge is -2.24. The second-order valence-electron chi connectivity index (χ2n) is 9.18. The molecule has 34 heavy (non-hydrogen) atoms. The van der Waals surface area contributed by atoms with Crippen molar-refractivity contribution in [3.63, 3.8) is 0 Å². The van der Waals surface area contributed by atoms with Gasteiger partial charge >= 0.3 is 0 Å². The minimum atomic E-state index is 0.00951. The van der Waals surface area contributed by atoms with Crippen molar-refractivity contribution in [2.24, 2.45) is 10.9 Å². The molecule has 0 fully saturated rings. The Morgan fingerprint density at radius 2 is 2.21 bits per heavy atom. The lowest BCUT2D eigenvalue weighted by atomic mass is 9.98. The molecule has 6 heteroatoms. The monoisotopic (exact) mass is 468 g/mol. The van der Waals surface area contributed by atoms with Gasteiger partial charge in [0.15, 0.2) is 23.8 Å². The maximum atomic E-state index is 10.2. The largest absolute Gasteiger partial charge is 0.504 e. The summed E-state index contributed by atoms with van der Waals surface area (Å²) in [7, 11) is 1.97. The van der Waals surface area contributed by atoms with Crippen LogP contribution in [0.5, 0.6) is 11.5 Å². The molecule has 2 aliphatic rings. The van der Waals surface area contributed by atoms with E-state index >= 15 is 0 Å². The van der Waals surface area contributed by atoms with Gasteiger partial charge in [0, 0.05) is 18.6 Å². The molecule has 0 amide bonds. The third kappa shape index (κ3) is 7.55. The maximum absolute atomic E-state index is 10.2. The summed E-state index contributed by atoms with van der Waals surface area (Å²) in [6.45, 7) is 5.88. The van der Waals surface area contributed by atoms with E-state index in [4.69, 9.17) is 9.47 Å². The number of nitrogens with zero attached hydrogens (tertiary/aromatic N) is 1. The number of aliphatic hydroxyl groups is 1. The second-order valence-corrected chi connectivity index (χ2v) is 9.18. The number of aryl methyl sites for hydroxylation is 1. The van der Waals surface area contributed by atoms with Crippen molar-refractivity contribution < 1.29 is 19.7 Å². The molecule has 2 heterocycles. The number of phenols is 1. The van der Waals surface area contributed by atoms with Crippen LogP contribution in [0, 0.1) is 18.1 Å². The molecule has 2 atom stereocenters. The third-order valence-corrected chi connectivity index (χ3v) is 6.47. The number of aliphatic hydroxyl groups excluding tert-OH is 1. The van der Waals surface area contributed by atoms with Crippen LogP contribution in [0.15, 0.2) is 46.5 Å². The van der Waals surface area contributed by atoms with Crippen LogP contribution in [-0.4, -0.2) is 49.3 Å². The first kappa shape index (κ1) is 26.2. The minimum Gasteiger partial charge on any atom is -0.504 e. The van der Waals surface area contributed by atoms with Gasteiger partial charge in [0.25, 0.3) is 0 Å². The van der Waals surface area contributed by atoms with Gasteiger partial charge in [-0.2, -0.15) is 11.6 Å². The molecular formula is C28H40N2O4. The Hall–Kier alpha value is -2.41. The summed E-state index contributed by atoms with van der Waals surface area (Å²) in [6, 6.07) is 6.52. The van der Waals surface area contributed by atoms with E-state index in [1.54, 1.807) is 6.07 Å². The number of allylic oxidation sites excluding steroid dienone is 1. The molecular weight excluding hydrogens is 428 g/mol. The Labute approximate surface area is 204 Å². The Balaban J connectivity index is 1.46. The molecule has 2 aliphatic heterocycles. The summed E-state index contributed by atoms with van der Waals surface area (Å²) in [5.74, 6) is 1.12. The predicted molar refractivity (Wildman–Crippen MR) is 137 cm³/mol. The van der Waals surface area contributed by atoms with Crippen molar-refractivity contribution >= 4 is 6.21 Å². The zero-order chi connectivity index (χ0) is 24.3. The highest BCUT2D eigenvalue weighted by atomic mass is 16.5. The minimum absolute atomic E-state index is 0.00951. The molecule has 0 aromatic heterocycles. The highest BCUT2D eigenvalue weighted by molar-refractivity contribution is 5.83. The van der Waals surface area contributed by atoms with Crippen molar-refractivity contribution in [3.8, 4) is 11.5 Å². The van der Waals surface area contributed by atoms with Crippen molar-refractivity contribution in [2.75, 3.05) is 26.8 Å². The van der Waals surface area contributed by atoms with E-state index < -0.39 is 0 Å². The highest BCUT2D eigenvalue weighted by Crippen LogP contribution is 2.33. The van der Waals surface area contributed by atoms with Crippen LogP contribution in [-0.2, 0) is 11.2 Å². The van der Waals surface area contributed by atoms with E-state index in [0.29, 0.717) is 24.7 Å². The van der Waals surface area contributed by atoms with Gasteiger partial charge in [-0.25, -0.2) is 0 Å². The number of aromatic hydroxyl groups is 1. The van der Waals surface area contributed by atoms with Gasteiger partial charge < -0.3 is 25.0 Å². The van der Waals surface area contributed by atoms with Crippen LogP contribution in [0.4, 0.5) is 0 Å². The maximum Gasteiger partial charge on any atom is 0.176 e. The van der Waals surface area contributed by atoms with Crippen LogP contribution < -0.4 is 10.1 Å². The number of hydrogen-bond donors (Lipinski definition) is 3. The number of ether oxygens (including phenoxy) is 2.